The fourth-order valence-corrected chi connectivity index (χ4v) is 8.18. The van der Waals surface area contributed by atoms with Crippen molar-refractivity contribution in [3.8, 4) is 16.8 Å². The van der Waals surface area contributed by atoms with E-state index in [1.807, 2.05) is 40.7 Å². The summed E-state index contributed by atoms with van der Waals surface area (Å²) in [7, 11) is 1.50. The van der Waals surface area contributed by atoms with Crippen molar-refractivity contribution in [2.45, 2.75) is 71.4 Å². The molecule has 2 unspecified atom stereocenters. The number of nitrogens with zero attached hydrogens (tertiary/aromatic N) is 6. The summed E-state index contributed by atoms with van der Waals surface area (Å²) in [6, 6.07) is 5.42. The molecule has 0 spiro atoms. The number of piperazine rings is 1. The summed E-state index contributed by atoms with van der Waals surface area (Å²) in [5.41, 5.74) is 3.38. The van der Waals surface area contributed by atoms with Crippen molar-refractivity contribution in [3.05, 3.63) is 87.6 Å². The zero-order chi connectivity index (χ0) is 36.2. The number of amides is 2. The van der Waals surface area contributed by atoms with Gasteiger partial charge in [0, 0.05) is 53.8 Å². The molecule has 51 heavy (non-hydrogen) atoms. The van der Waals surface area contributed by atoms with E-state index in [1.165, 1.54) is 28.7 Å². The van der Waals surface area contributed by atoms with Crippen LogP contribution in [0.25, 0.3) is 38.6 Å². The molecule has 0 bridgehead atoms. The Morgan fingerprint density at radius 2 is 1.78 bits per heavy atom. The molecule has 1 aliphatic carbocycles. The van der Waals surface area contributed by atoms with Crippen molar-refractivity contribution < 1.29 is 18.4 Å². The maximum absolute atomic E-state index is 18.0. The van der Waals surface area contributed by atoms with E-state index in [0.717, 1.165) is 18.5 Å². The van der Waals surface area contributed by atoms with Crippen molar-refractivity contribution in [1.29, 1.82) is 0 Å². The molecule has 2 aliphatic heterocycles. The molecule has 2 fully saturated rings. The Morgan fingerprint density at radius 1 is 1.04 bits per heavy atom. The number of hydrogen-bond acceptors (Lipinski definition) is 6. The minimum absolute atomic E-state index is 0.00749. The van der Waals surface area contributed by atoms with Crippen LogP contribution in [-0.4, -0.2) is 68.7 Å². The average Bonchev–Trinajstić information content (AvgIpc) is 3.85. The summed E-state index contributed by atoms with van der Waals surface area (Å²) in [5, 5.41) is 8.43. The van der Waals surface area contributed by atoms with Crippen LogP contribution < -0.4 is 15.4 Å². The molecule has 1 saturated heterocycles. The molecule has 1 saturated carbocycles. The molecule has 8 rings (SSSR count). The van der Waals surface area contributed by atoms with Gasteiger partial charge in [0.2, 0.25) is 5.91 Å². The van der Waals surface area contributed by atoms with Crippen LogP contribution in [-0.2, 0) is 9.59 Å². The monoisotopic (exact) mass is 691 g/mol. The minimum Gasteiger partial charge on any atom is -0.354 e. The molecule has 3 aromatic heterocycles. The standard InChI is InChI=1S/C39H39F2N7O3/c1-8-27(49)46-17-26-38(50)45(7)37-36(47(26)16-21(46)6)23-15-24(40)29(28-19(4)9-12-25-30(28)33(44-43-25)22-10-11-22)31(41)35(23)48(39(37)51)34-20(5)13-14-42-32(34)18(2)3/h8-9,12-15,18,21-22,26H,1,10-11,16-17H2,2-7H3,(H,43,44). The molecule has 2 aromatic carbocycles. The molecular weight excluding hydrogens is 652 g/mol. The zero-order valence-electron chi connectivity index (χ0n) is 29.5. The van der Waals surface area contributed by atoms with E-state index < -0.39 is 35.2 Å². The Labute approximate surface area is 293 Å². The minimum atomic E-state index is -0.897. The van der Waals surface area contributed by atoms with Gasteiger partial charge in [-0.15, -0.1) is 0 Å². The normalized spacial score (nSPS) is 18.9. The Hall–Kier alpha value is -5.39. The third kappa shape index (κ3) is 4.68. The van der Waals surface area contributed by atoms with Gasteiger partial charge in [0.1, 0.15) is 17.5 Å². The topological polar surface area (TPSA) is 107 Å². The van der Waals surface area contributed by atoms with Gasteiger partial charge in [-0.1, -0.05) is 26.5 Å². The van der Waals surface area contributed by atoms with Crippen LogP contribution in [0, 0.1) is 25.5 Å². The molecule has 10 nitrogen and oxygen atoms in total. The number of anilines is 2. The Bertz CT molecular complexity index is 2410. The van der Waals surface area contributed by atoms with Crippen LogP contribution in [0.5, 0.6) is 0 Å². The number of rotatable bonds is 5. The highest BCUT2D eigenvalue weighted by Crippen LogP contribution is 2.49. The van der Waals surface area contributed by atoms with Gasteiger partial charge >= 0.3 is 0 Å². The predicted molar refractivity (Wildman–Crippen MR) is 194 cm³/mol. The van der Waals surface area contributed by atoms with E-state index in [4.69, 9.17) is 0 Å². The van der Waals surface area contributed by atoms with Gasteiger partial charge in [-0.3, -0.25) is 29.0 Å². The molecule has 12 heteroatoms. The van der Waals surface area contributed by atoms with E-state index in [9.17, 15) is 9.59 Å². The molecule has 1 N–H and O–H groups in total. The lowest BCUT2D eigenvalue weighted by Gasteiger charge is -2.50. The number of nitrogens with one attached hydrogen (secondary N) is 1. The number of aromatic nitrogens is 4. The van der Waals surface area contributed by atoms with Crippen LogP contribution in [0.2, 0.25) is 0 Å². The second-order valence-corrected chi connectivity index (χ2v) is 14.5. The van der Waals surface area contributed by atoms with E-state index in [2.05, 4.69) is 21.8 Å². The van der Waals surface area contributed by atoms with Gasteiger partial charge in [0.15, 0.2) is 5.82 Å². The first-order chi connectivity index (χ1) is 24.3. The summed E-state index contributed by atoms with van der Waals surface area (Å²) in [5.74, 6) is -2.37. The highest BCUT2D eigenvalue weighted by atomic mass is 19.1. The first-order valence-electron chi connectivity index (χ1n) is 17.4. The highest BCUT2D eigenvalue weighted by molar-refractivity contribution is 6.13. The average molecular weight is 692 g/mol. The summed E-state index contributed by atoms with van der Waals surface area (Å²) >= 11 is 0. The quantitative estimate of drug-likeness (QED) is 0.214. The molecule has 3 aliphatic rings. The van der Waals surface area contributed by atoms with Crippen LogP contribution in [0.3, 0.4) is 0 Å². The lowest BCUT2D eigenvalue weighted by Crippen LogP contribution is -2.66. The fourth-order valence-electron chi connectivity index (χ4n) is 8.18. The number of pyridine rings is 2. The maximum atomic E-state index is 18.0. The number of benzene rings is 2. The van der Waals surface area contributed by atoms with Crippen molar-refractivity contribution in [1.82, 2.24) is 24.6 Å². The van der Waals surface area contributed by atoms with Gasteiger partial charge in [0.05, 0.1) is 40.2 Å². The largest absolute Gasteiger partial charge is 0.354 e. The summed E-state index contributed by atoms with van der Waals surface area (Å²) in [6.45, 7) is 13.1. The van der Waals surface area contributed by atoms with Crippen LogP contribution in [0.1, 0.15) is 68.0 Å². The van der Waals surface area contributed by atoms with Crippen molar-refractivity contribution in [2.24, 2.45) is 0 Å². The molecular formula is C39H39F2N7O3. The smallest absolute Gasteiger partial charge is 0.281 e. The zero-order valence-corrected chi connectivity index (χ0v) is 29.5. The van der Waals surface area contributed by atoms with Crippen molar-refractivity contribution in [2.75, 3.05) is 29.9 Å². The van der Waals surface area contributed by atoms with Gasteiger partial charge in [-0.2, -0.15) is 5.10 Å². The predicted octanol–water partition coefficient (Wildman–Crippen LogP) is 6.39. The number of likely N-dealkylation sites (N-methyl/N-ethyl adjacent to an activating group) is 1. The SMILES string of the molecule is C=CC(=O)N1CC2C(=O)N(C)c3c(c4cc(F)c(-c5c(C)ccc6n[nH]c(C7CC7)c56)c(F)c4n(-c4c(C)ccnc4C(C)C)c3=O)N2CC1C. The second kappa shape index (κ2) is 11.6. The molecule has 5 aromatic rings. The highest BCUT2D eigenvalue weighted by Gasteiger charge is 2.46. The number of halogens is 2. The summed E-state index contributed by atoms with van der Waals surface area (Å²) in [4.78, 5) is 51.2. The summed E-state index contributed by atoms with van der Waals surface area (Å²) in [6.07, 6.45) is 4.76. The third-order valence-corrected chi connectivity index (χ3v) is 10.9. The maximum Gasteiger partial charge on any atom is 0.281 e. The number of carbonyl (C=O) groups excluding carboxylic acids is 2. The van der Waals surface area contributed by atoms with Crippen molar-refractivity contribution in [3.63, 3.8) is 0 Å². The van der Waals surface area contributed by atoms with Crippen molar-refractivity contribution >= 4 is 45.0 Å². The van der Waals surface area contributed by atoms with Gasteiger partial charge in [-0.25, -0.2) is 8.78 Å². The van der Waals surface area contributed by atoms with Crippen LogP contribution in [0.4, 0.5) is 20.2 Å². The van der Waals surface area contributed by atoms with E-state index in [-0.39, 0.29) is 58.7 Å². The Balaban J connectivity index is 1.52. The van der Waals surface area contributed by atoms with Crippen LogP contribution in [0.15, 0.2) is 47.9 Å². The Kier molecular flexibility index (Phi) is 7.44. The molecule has 262 valence electrons. The van der Waals surface area contributed by atoms with E-state index in [1.54, 1.807) is 28.1 Å². The van der Waals surface area contributed by atoms with E-state index in [0.29, 0.717) is 39.0 Å². The Morgan fingerprint density at radius 3 is 2.47 bits per heavy atom. The molecule has 0 radical (unpaired) electrons. The lowest BCUT2D eigenvalue weighted by molar-refractivity contribution is -0.130. The first kappa shape index (κ1) is 32.8. The number of aromatic amines is 1. The molecule has 2 amide bonds. The third-order valence-electron chi connectivity index (χ3n) is 10.9. The van der Waals surface area contributed by atoms with E-state index >= 15 is 13.6 Å². The second-order valence-electron chi connectivity index (χ2n) is 14.5. The number of aryl methyl sites for hydroxylation is 2. The number of H-pyrrole nitrogens is 1. The van der Waals surface area contributed by atoms with Gasteiger partial charge in [-0.05, 0) is 74.9 Å². The number of carbonyl (C=O) groups is 2. The molecule has 2 atom stereocenters. The first-order valence-corrected chi connectivity index (χ1v) is 17.4. The molecule has 5 heterocycles. The number of fused-ring (bicyclic) bond motifs is 6. The van der Waals surface area contributed by atoms with Gasteiger partial charge in [0.25, 0.3) is 11.5 Å². The fraction of sp³-hybridized carbons (Fsp3) is 0.359. The van der Waals surface area contributed by atoms with Crippen LogP contribution >= 0.6 is 0 Å². The number of hydrogen-bond donors (Lipinski definition) is 1. The lowest BCUT2D eigenvalue weighted by atomic mass is 9.91. The van der Waals surface area contributed by atoms with Gasteiger partial charge < -0.3 is 14.7 Å². The summed E-state index contributed by atoms with van der Waals surface area (Å²) < 4.78 is 36.4.